The van der Waals surface area contributed by atoms with Gasteiger partial charge in [-0.15, -0.1) is 0 Å². The molecule has 0 spiro atoms. The Morgan fingerprint density at radius 3 is 2.26 bits per heavy atom. The summed E-state index contributed by atoms with van der Waals surface area (Å²) in [4.78, 5) is 12.4. The molecule has 0 saturated carbocycles. The molecule has 27 heavy (non-hydrogen) atoms. The predicted octanol–water partition coefficient (Wildman–Crippen LogP) is 2.67. The number of sulfonamides is 1. The predicted molar refractivity (Wildman–Crippen MR) is 105 cm³/mol. The summed E-state index contributed by atoms with van der Waals surface area (Å²) in [5.74, 6) is 0.663. The van der Waals surface area contributed by atoms with Crippen LogP contribution in [-0.4, -0.2) is 33.5 Å². The zero-order chi connectivity index (χ0) is 19.9. The number of para-hydroxylation sites is 1. The van der Waals surface area contributed by atoms with E-state index in [1.54, 1.807) is 25.1 Å². The normalized spacial score (nSPS) is 12.6. The fourth-order valence-corrected chi connectivity index (χ4v) is 3.56. The number of rotatable bonds is 9. The first-order valence-corrected chi connectivity index (χ1v) is 10.4. The lowest BCUT2D eigenvalue weighted by Gasteiger charge is -2.18. The summed E-state index contributed by atoms with van der Waals surface area (Å²) >= 11 is 0. The second-order valence-electron chi connectivity index (χ2n) is 6.45. The van der Waals surface area contributed by atoms with E-state index in [2.05, 4.69) is 23.9 Å². The van der Waals surface area contributed by atoms with Crippen molar-refractivity contribution in [1.82, 2.24) is 10.0 Å². The number of nitrogens with one attached hydrogen (secondary N) is 2. The quantitative estimate of drug-likeness (QED) is 0.645. The van der Waals surface area contributed by atoms with E-state index in [0.29, 0.717) is 5.75 Å². The third kappa shape index (κ3) is 6.08. The van der Waals surface area contributed by atoms with E-state index in [-0.39, 0.29) is 29.8 Å². The number of amides is 1. The lowest BCUT2D eigenvalue weighted by atomic mass is 10.0. The van der Waals surface area contributed by atoms with Gasteiger partial charge in [0.2, 0.25) is 10.0 Å². The molecule has 2 rings (SSSR count). The number of carbonyl (C=O) groups excluding carboxylic acids is 1. The molecule has 7 heteroatoms. The molecule has 0 aliphatic rings. The van der Waals surface area contributed by atoms with Crippen LogP contribution in [0.15, 0.2) is 59.5 Å². The van der Waals surface area contributed by atoms with Crippen LogP contribution in [-0.2, 0) is 14.8 Å². The highest BCUT2D eigenvalue weighted by Crippen LogP contribution is 2.26. The fourth-order valence-electron chi connectivity index (χ4n) is 2.51. The molecule has 0 fully saturated rings. The summed E-state index contributed by atoms with van der Waals surface area (Å²) in [6.45, 7) is 6.06. The number of hydrogen-bond donors (Lipinski definition) is 2. The third-order valence-electron chi connectivity index (χ3n) is 3.98. The van der Waals surface area contributed by atoms with Gasteiger partial charge in [-0.2, -0.15) is 0 Å². The van der Waals surface area contributed by atoms with Crippen LogP contribution >= 0.6 is 0 Å². The zero-order valence-corrected chi connectivity index (χ0v) is 16.6. The van der Waals surface area contributed by atoms with Crippen LogP contribution in [0.3, 0.4) is 0 Å². The molecular weight excluding hydrogens is 364 g/mol. The van der Waals surface area contributed by atoms with Crippen LogP contribution in [0, 0.1) is 0 Å². The van der Waals surface area contributed by atoms with E-state index in [1.165, 1.54) is 12.1 Å². The molecule has 0 saturated heterocycles. The Bertz CT molecular complexity index is 851. The van der Waals surface area contributed by atoms with Crippen molar-refractivity contribution in [3.63, 3.8) is 0 Å². The smallest absolute Gasteiger partial charge is 0.260 e. The maximum atomic E-state index is 12.2. The van der Waals surface area contributed by atoms with Crippen LogP contribution < -0.4 is 14.8 Å². The van der Waals surface area contributed by atoms with E-state index < -0.39 is 16.1 Å². The Morgan fingerprint density at radius 2 is 1.59 bits per heavy atom. The van der Waals surface area contributed by atoms with Gasteiger partial charge in [-0.3, -0.25) is 4.79 Å². The lowest BCUT2D eigenvalue weighted by molar-refractivity contribution is -0.127. The first-order valence-electron chi connectivity index (χ1n) is 8.89. The molecule has 0 aromatic heterocycles. The van der Waals surface area contributed by atoms with Crippen molar-refractivity contribution >= 4 is 15.9 Å². The minimum absolute atomic E-state index is 0.0955. The number of ether oxygens (including phenoxy) is 1. The molecule has 0 bridgehead atoms. The van der Waals surface area contributed by atoms with Gasteiger partial charge in [-0.1, -0.05) is 50.2 Å². The molecule has 0 aliphatic carbocycles. The Morgan fingerprint density at radius 1 is 0.963 bits per heavy atom. The van der Waals surface area contributed by atoms with Crippen LogP contribution in [0.5, 0.6) is 5.75 Å². The first kappa shape index (κ1) is 20.9. The van der Waals surface area contributed by atoms with Gasteiger partial charge in [-0.05, 0) is 36.6 Å². The minimum atomic E-state index is -3.57. The summed E-state index contributed by atoms with van der Waals surface area (Å²) < 4.78 is 32.5. The van der Waals surface area contributed by atoms with Crippen molar-refractivity contribution in [2.24, 2.45) is 0 Å². The average molecular weight is 391 g/mol. The van der Waals surface area contributed by atoms with Crippen molar-refractivity contribution in [3.05, 3.63) is 60.2 Å². The van der Waals surface area contributed by atoms with E-state index in [9.17, 15) is 13.2 Å². The highest BCUT2D eigenvalue weighted by atomic mass is 32.2. The molecule has 1 unspecified atom stereocenters. The molecule has 0 radical (unpaired) electrons. The third-order valence-corrected chi connectivity index (χ3v) is 5.46. The molecule has 146 valence electrons. The topological polar surface area (TPSA) is 84.5 Å². The molecule has 1 atom stereocenters. The Balaban J connectivity index is 1.82. The number of hydrogen-bond acceptors (Lipinski definition) is 4. The highest BCUT2D eigenvalue weighted by molar-refractivity contribution is 7.89. The van der Waals surface area contributed by atoms with E-state index in [4.69, 9.17) is 4.74 Å². The van der Waals surface area contributed by atoms with Gasteiger partial charge in [0.1, 0.15) is 5.75 Å². The van der Waals surface area contributed by atoms with Gasteiger partial charge < -0.3 is 10.1 Å². The van der Waals surface area contributed by atoms with Gasteiger partial charge in [0.15, 0.2) is 6.10 Å². The van der Waals surface area contributed by atoms with Crippen LogP contribution in [0.2, 0.25) is 0 Å². The summed E-state index contributed by atoms with van der Waals surface area (Å²) in [6, 6.07) is 15.7. The van der Waals surface area contributed by atoms with Gasteiger partial charge in [0.05, 0.1) is 4.90 Å². The van der Waals surface area contributed by atoms with E-state index in [1.807, 2.05) is 24.3 Å². The van der Waals surface area contributed by atoms with Gasteiger partial charge >= 0.3 is 0 Å². The summed E-state index contributed by atoms with van der Waals surface area (Å²) in [5, 5.41) is 2.68. The second kappa shape index (κ2) is 9.53. The van der Waals surface area contributed by atoms with Gasteiger partial charge in [0.25, 0.3) is 5.91 Å². The first-order chi connectivity index (χ1) is 12.8. The zero-order valence-electron chi connectivity index (χ0n) is 15.8. The van der Waals surface area contributed by atoms with Crippen LogP contribution in [0.4, 0.5) is 0 Å². The molecule has 6 nitrogen and oxygen atoms in total. The SMILES string of the molecule is CC(Oc1ccccc1C(C)C)C(=O)NCCNS(=O)(=O)c1ccccc1. The van der Waals surface area contributed by atoms with Crippen molar-refractivity contribution in [3.8, 4) is 5.75 Å². The molecule has 2 N–H and O–H groups in total. The maximum Gasteiger partial charge on any atom is 0.260 e. The van der Waals surface area contributed by atoms with E-state index in [0.717, 1.165) is 5.56 Å². The monoisotopic (exact) mass is 390 g/mol. The summed E-state index contributed by atoms with van der Waals surface area (Å²) in [5.41, 5.74) is 1.03. The van der Waals surface area contributed by atoms with Gasteiger partial charge in [0, 0.05) is 13.1 Å². The molecule has 0 aliphatic heterocycles. The Labute approximate surface area is 161 Å². The molecule has 0 heterocycles. The van der Waals surface area contributed by atoms with Crippen molar-refractivity contribution in [1.29, 1.82) is 0 Å². The highest BCUT2D eigenvalue weighted by Gasteiger charge is 2.17. The molecule has 1 amide bonds. The average Bonchev–Trinajstić information content (AvgIpc) is 2.66. The largest absolute Gasteiger partial charge is 0.481 e. The second-order valence-corrected chi connectivity index (χ2v) is 8.22. The fraction of sp³-hybridized carbons (Fsp3) is 0.350. The van der Waals surface area contributed by atoms with E-state index >= 15 is 0 Å². The number of benzene rings is 2. The summed E-state index contributed by atoms with van der Waals surface area (Å²) in [7, 11) is -3.57. The lowest BCUT2D eigenvalue weighted by Crippen LogP contribution is -2.40. The molecular formula is C20H26N2O4S. The van der Waals surface area contributed by atoms with Crippen LogP contribution in [0.1, 0.15) is 32.3 Å². The minimum Gasteiger partial charge on any atom is -0.481 e. The van der Waals surface area contributed by atoms with Crippen molar-refractivity contribution in [2.75, 3.05) is 13.1 Å². The Kier molecular flexibility index (Phi) is 7.38. The maximum absolute atomic E-state index is 12.2. The summed E-state index contributed by atoms with van der Waals surface area (Å²) in [6.07, 6.45) is -0.685. The molecule has 2 aromatic carbocycles. The van der Waals surface area contributed by atoms with Gasteiger partial charge in [-0.25, -0.2) is 13.1 Å². The standard InChI is InChI=1S/C20H26N2O4S/c1-15(2)18-11-7-8-12-19(18)26-16(3)20(23)21-13-14-22-27(24,25)17-9-5-4-6-10-17/h4-12,15-16,22H,13-14H2,1-3H3,(H,21,23). The molecule has 2 aromatic rings. The van der Waals surface area contributed by atoms with Crippen LogP contribution in [0.25, 0.3) is 0 Å². The van der Waals surface area contributed by atoms with Crippen molar-refractivity contribution in [2.45, 2.75) is 37.7 Å². The van der Waals surface area contributed by atoms with Crippen molar-refractivity contribution < 1.29 is 17.9 Å². The Hall–Kier alpha value is -2.38. The number of carbonyl (C=O) groups is 1.